The third-order valence-electron chi connectivity index (χ3n) is 3.05. The summed E-state index contributed by atoms with van der Waals surface area (Å²) < 4.78 is 5.61. The number of rotatable bonds is 4. The van der Waals surface area contributed by atoms with E-state index in [0.29, 0.717) is 17.3 Å². The summed E-state index contributed by atoms with van der Waals surface area (Å²) in [6, 6.07) is 9.99. The summed E-state index contributed by atoms with van der Waals surface area (Å²) in [6.45, 7) is 0. The second-order valence-corrected chi connectivity index (χ2v) is 5.03. The Hall–Kier alpha value is -2.67. The summed E-state index contributed by atoms with van der Waals surface area (Å²) in [5, 5.41) is 16.5. The van der Waals surface area contributed by atoms with Gasteiger partial charge in [-0.1, -0.05) is 12.1 Å². The topological polar surface area (TPSA) is 89.1 Å². The van der Waals surface area contributed by atoms with Crippen molar-refractivity contribution in [1.29, 1.82) is 0 Å². The third-order valence-corrected chi connectivity index (χ3v) is 3.57. The molecule has 1 unspecified atom stereocenters. The van der Waals surface area contributed by atoms with Gasteiger partial charge in [0.1, 0.15) is 5.25 Å². The standard InChI is InChI=1S/C15H11N3O3S/c19-15(20)11-3-1-2-10(8-11)12(22)14-18-17-13(21-14)9-4-6-16-7-5-9/h1-8,12,22H,(H,19,20). The molecule has 3 aromatic rings. The molecule has 22 heavy (non-hydrogen) atoms. The van der Waals surface area contributed by atoms with Gasteiger partial charge >= 0.3 is 5.97 Å². The van der Waals surface area contributed by atoms with Gasteiger partial charge in [0.2, 0.25) is 11.8 Å². The number of hydrogen-bond donors (Lipinski definition) is 2. The molecule has 7 heteroatoms. The van der Waals surface area contributed by atoms with E-state index in [4.69, 9.17) is 9.52 Å². The molecule has 0 amide bonds. The fourth-order valence-corrected chi connectivity index (χ4v) is 2.21. The Morgan fingerprint density at radius 1 is 1.18 bits per heavy atom. The summed E-state index contributed by atoms with van der Waals surface area (Å²) in [4.78, 5) is 14.9. The van der Waals surface area contributed by atoms with Gasteiger partial charge in [-0.25, -0.2) is 4.79 Å². The van der Waals surface area contributed by atoms with Crippen LogP contribution >= 0.6 is 12.6 Å². The fraction of sp³-hybridized carbons (Fsp3) is 0.0667. The minimum Gasteiger partial charge on any atom is -0.478 e. The van der Waals surface area contributed by atoms with E-state index in [-0.39, 0.29) is 5.56 Å². The monoisotopic (exact) mass is 313 g/mol. The van der Waals surface area contributed by atoms with Gasteiger partial charge in [0.15, 0.2) is 0 Å². The van der Waals surface area contributed by atoms with Crippen LogP contribution in [0.5, 0.6) is 0 Å². The van der Waals surface area contributed by atoms with Gasteiger partial charge in [0.25, 0.3) is 0 Å². The van der Waals surface area contributed by atoms with E-state index in [2.05, 4.69) is 27.8 Å². The maximum Gasteiger partial charge on any atom is 0.335 e. The average Bonchev–Trinajstić information content (AvgIpc) is 3.05. The molecule has 0 aliphatic heterocycles. The Balaban J connectivity index is 1.90. The largest absolute Gasteiger partial charge is 0.478 e. The molecule has 0 radical (unpaired) electrons. The van der Waals surface area contributed by atoms with Gasteiger partial charge in [-0.2, -0.15) is 12.6 Å². The molecule has 0 saturated carbocycles. The highest BCUT2D eigenvalue weighted by atomic mass is 32.1. The zero-order chi connectivity index (χ0) is 15.5. The predicted molar refractivity (Wildman–Crippen MR) is 81.8 cm³/mol. The summed E-state index contributed by atoms with van der Waals surface area (Å²) in [5.74, 6) is -0.325. The van der Waals surface area contributed by atoms with Crippen LogP contribution in [0.1, 0.15) is 27.1 Å². The number of carboxylic acids is 1. The first-order valence-corrected chi connectivity index (χ1v) is 6.92. The molecule has 0 bridgehead atoms. The fourth-order valence-electron chi connectivity index (χ4n) is 1.94. The van der Waals surface area contributed by atoms with Gasteiger partial charge in [0, 0.05) is 18.0 Å². The molecule has 2 aromatic heterocycles. The predicted octanol–water partition coefficient (Wildman–Crippen LogP) is 2.85. The molecule has 2 heterocycles. The lowest BCUT2D eigenvalue weighted by molar-refractivity contribution is 0.0696. The molecule has 1 atom stereocenters. The van der Waals surface area contributed by atoms with Crippen molar-refractivity contribution in [2.75, 3.05) is 0 Å². The minimum atomic E-state index is -0.995. The number of benzene rings is 1. The van der Waals surface area contributed by atoms with Crippen molar-refractivity contribution in [3.8, 4) is 11.5 Å². The maximum absolute atomic E-state index is 11.0. The van der Waals surface area contributed by atoms with Gasteiger partial charge in [-0.15, -0.1) is 10.2 Å². The lowest BCUT2D eigenvalue weighted by atomic mass is 10.1. The number of carboxylic acid groups (broad SMARTS) is 1. The smallest absolute Gasteiger partial charge is 0.335 e. The number of thiol groups is 1. The van der Waals surface area contributed by atoms with Crippen LogP contribution in [0.3, 0.4) is 0 Å². The number of pyridine rings is 1. The van der Waals surface area contributed by atoms with Gasteiger partial charge in [0.05, 0.1) is 5.56 Å². The average molecular weight is 313 g/mol. The Morgan fingerprint density at radius 3 is 2.68 bits per heavy atom. The molecule has 3 rings (SSSR count). The quantitative estimate of drug-likeness (QED) is 0.720. The van der Waals surface area contributed by atoms with Gasteiger partial charge in [-0.05, 0) is 29.8 Å². The number of hydrogen-bond acceptors (Lipinski definition) is 6. The van der Waals surface area contributed by atoms with Crippen LogP contribution in [0.2, 0.25) is 0 Å². The SMILES string of the molecule is O=C(O)c1cccc(C(S)c2nnc(-c3ccncc3)o2)c1. The molecule has 0 saturated heterocycles. The Kier molecular flexibility index (Phi) is 3.88. The van der Waals surface area contributed by atoms with Crippen LogP contribution in [0.15, 0.2) is 53.2 Å². The number of carbonyl (C=O) groups is 1. The summed E-state index contributed by atoms with van der Waals surface area (Å²) in [6.07, 6.45) is 3.27. The van der Waals surface area contributed by atoms with Crippen molar-refractivity contribution < 1.29 is 14.3 Å². The van der Waals surface area contributed by atoms with Crippen molar-refractivity contribution in [3.05, 3.63) is 65.8 Å². The van der Waals surface area contributed by atoms with E-state index >= 15 is 0 Å². The van der Waals surface area contributed by atoms with Crippen LogP contribution in [0, 0.1) is 0 Å². The minimum absolute atomic E-state index is 0.186. The molecule has 0 spiro atoms. The van der Waals surface area contributed by atoms with E-state index in [0.717, 1.165) is 5.56 Å². The van der Waals surface area contributed by atoms with E-state index in [1.807, 2.05) is 0 Å². The van der Waals surface area contributed by atoms with E-state index in [1.165, 1.54) is 12.1 Å². The second-order valence-electron chi connectivity index (χ2n) is 4.51. The zero-order valence-corrected chi connectivity index (χ0v) is 12.1. The summed E-state index contributed by atoms with van der Waals surface area (Å²) in [5.41, 5.74) is 1.62. The molecule has 1 aromatic carbocycles. The molecule has 0 fully saturated rings. The first-order chi connectivity index (χ1) is 10.6. The molecule has 1 N–H and O–H groups in total. The number of nitrogens with zero attached hydrogens (tertiary/aromatic N) is 3. The Labute approximate surface area is 131 Å². The highest BCUT2D eigenvalue weighted by Crippen LogP contribution is 2.29. The lowest BCUT2D eigenvalue weighted by Gasteiger charge is -2.07. The zero-order valence-electron chi connectivity index (χ0n) is 11.2. The molecule has 0 aliphatic rings. The van der Waals surface area contributed by atoms with Gasteiger partial charge in [-0.3, -0.25) is 4.98 Å². The second kappa shape index (κ2) is 5.98. The maximum atomic E-state index is 11.0. The normalized spacial score (nSPS) is 12.0. The van der Waals surface area contributed by atoms with E-state index < -0.39 is 11.2 Å². The first kappa shape index (κ1) is 14.3. The van der Waals surface area contributed by atoms with Crippen LogP contribution in [-0.2, 0) is 0 Å². The van der Waals surface area contributed by atoms with Crippen LogP contribution in [0.4, 0.5) is 0 Å². The highest BCUT2D eigenvalue weighted by molar-refractivity contribution is 7.80. The number of aromatic nitrogens is 3. The molecule has 110 valence electrons. The lowest BCUT2D eigenvalue weighted by Crippen LogP contribution is -1.99. The summed E-state index contributed by atoms with van der Waals surface area (Å²) >= 11 is 4.45. The van der Waals surface area contributed by atoms with E-state index in [1.54, 1.807) is 36.7 Å². The van der Waals surface area contributed by atoms with Crippen LogP contribution in [0.25, 0.3) is 11.5 Å². The number of aromatic carboxylic acids is 1. The van der Waals surface area contributed by atoms with Crippen molar-refractivity contribution in [3.63, 3.8) is 0 Å². The van der Waals surface area contributed by atoms with Crippen molar-refractivity contribution in [2.24, 2.45) is 0 Å². The van der Waals surface area contributed by atoms with Crippen LogP contribution < -0.4 is 0 Å². The van der Waals surface area contributed by atoms with Crippen molar-refractivity contribution in [1.82, 2.24) is 15.2 Å². The molecule has 6 nitrogen and oxygen atoms in total. The molecular formula is C15H11N3O3S. The highest BCUT2D eigenvalue weighted by Gasteiger charge is 2.18. The Bertz CT molecular complexity index is 805. The van der Waals surface area contributed by atoms with Gasteiger partial charge < -0.3 is 9.52 Å². The molecule has 0 aliphatic carbocycles. The van der Waals surface area contributed by atoms with Crippen molar-refractivity contribution >= 4 is 18.6 Å². The van der Waals surface area contributed by atoms with E-state index in [9.17, 15) is 4.79 Å². The third kappa shape index (κ3) is 2.84. The molecular weight excluding hydrogens is 302 g/mol. The summed E-state index contributed by atoms with van der Waals surface area (Å²) in [7, 11) is 0. The first-order valence-electron chi connectivity index (χ1n) is 6.40. The Morgan fingerprint density at radius 2 is 1.95 bits per heavy atom. The van der Waals surface area contributed by atoms with Crippen molar-refractivity contribution in [2.45, 2.75) is 5.25 Å². The van der Waals surface area contributed by atoms with Crippen LogP contribution in [-0.4, -0.2) is 26.3 Å².